The van der Waals surface area contributed by atoms with E-state index in [-0.39, 0.29) is 24.0 Å². The first-order valence-electron chi connectivity index (χ1n) is 9.56. The number of halogens is 1. The summed E-state index contributed by atoms with van der Waals surface area (Å²) in [5.74, 6) is 2.40. The number of methoxy groups -OCH3 is 2. The first kappa shape index (κ1) is 23.5. The van der Waals surface area contributed by atoms with Crippen LogP contribution in [0, 0.1) is 0 Å². The van der Waals surface area contributed by atoms with Gasteiger partial charge in [-0.15, -0.1) is 24.0 Å². The van der Waals surface area contributed by atoms with E-state index < -0.39 is 0 Å². The number of benzene rings is 2. The third-order valence-corrected chi connectivity index (χ3v) is 4.32. The highest BCUT2D eigenvalue weighted by Gasteiger charge is 2.04. The summed E-state index contributed by atoms with van der Waals surface area (Å²) in [4.78, 5) is 4.65. The predicted octanol–water partition coefficient (Wildman–Crippen LogP) is 3.76. The van der Waals surface area contributed by atoms with Crippen LogP contribution in [0.2, 0.25) is 0 Å². The Hall–Kier alpha value is -2.75. The van der Waals surface area contributed by atoms with Crippen LogP contribution in [0.25, 0.3) is 5.69 Å². The highest BCUT2D eigenvalue weighted by molar-refractivity contribution is 14.0. The van der Waals surface area contributed by atoms with E-state index in [4.69, 9.17) is 9.47 Å². The lowest BCUT2D eigenvalue weighted by Crippen LogP contribution is -2.36. The fourth-order valence-electron chi connectivity index (χ4n) is 2.79. The van der Waals surface area contributed by atoms with Crippen LogP contribution in [0.3, 0.4) is 0 Å². The van der Waals surface area contributed by atoms with Crippen LogP contribution in [0.5, 0.6) is 11.5 Å². The van der Waals surface area contributed by atoms with Crippen LogP contribution in [0.4, 0.5) is 0 Å². The fourth-order valence-corrected chi connectivity index (χ4v) is 2.79. The second-order valence-corrected chi connectivity index (χ2v) is 6.35. The zero-order chi connectivity index (χ0) is 20.5. The molecule has 0 aliphatic carbocycles. The number of rotatable bonds is 8. The van der Waals surface area contributed by atoms with Crippen molar-refractivity contribution in [1.29, 1.82) is 0 Å². The third kappa shape index (κ3) is 6.65. The van der Waals surface area contributed by atoms with Crippen molar-refractivity contribution in [3.63, 3.8) is 0 Å². The summed E-state index contributed by atoms with van der Waals surface area (Å²) in [6.07, 6.45) is 1.94. The maximum atomic E-state index is 5.27. The van der Waals surface area contributed by atoms with E-state index in [9.17, 15) is 0 Å². The Morgan fingerprint density at radius 1 is 1.00 bits per heavy atom. The summed E-state index contributed by atoms with van der Waals surface area (Å²) in [5, 5.41) is 11.2. The molecule has 0 aliphatic rings. The number of ether oxygens (including phenoxy) is 2. The molecule has 7 nitrogen and oxygen atoms in total. The number of nitrogens with one attached hydrogen (secondary N) is 2. The molecule has 1 aromatic heterocycles. The summed E-state index contributed by atoms with van der Waals surface area (Å²) < 4.78 is 12.3. The zero-order valence-electron chi connectivity index (χ0n) is 17.5. The molecule has 0 amide bonds. The zero-order valence-corrected chi connectivity index (χ0v) is 19.8. The molecule has 0 fully saturated rings. The van der Waals surface area contributed by atoms with E-state index in [2.05, 4.69) is 20.7 Å². The lowest BCUT2D eigenvalue weighted by molar-refractivity contribution is 0.414. The number of hydrogen-bond acceptors (Lipinski definition) is 4. The molecule has 0 atom stereocenters. The molecule has 1 heterocycles. The van der Waals surface area contributed by atoms with Crippen molar-refractivity contribution in [2.45, 2.75) is 20.0 Å². The molecule has 8 heteroatoms. The van der Waals surface area contributed by atoms with Crippen LogP contribution in [-0.2, 0) is 13.1 Å². The standard InChI is InChI=1S/C22H27N5O2.HI/c1-4-23-22(24-15-17-6-5-7-21(14-17)29-3)25-16-18-12-13-27(26-18)19-8-10-20(28-2)11-9-19;/h5-14H,4,15-16H2,1-3H3,(H2,23,24,25);1H. The first-order chi connectivity index (χ1) is 14.2. The average molecular weight is 521 g/mol. The molecular weight excluding hydrogens is 493 g/mol. The minimum atomic E-state index is 0. The van der Waals surface area contributed by atoms with E-state index in [0.717, 1.165) is 40.9 Å². The van der Waals surface area contributed by atoms with Crippen molar-refractivity contribution in [3.05, 3.63) is 72.1 Å². The van der Waals surface area contributed by atoms with E-state index in [1.54, 1.807) is 14.2 Å². The summed E-state index contributed by atoms with van der Waals surface area (Å²) >= 11 is 0. The second kappa shape index (κ2) is 12.1. The molecule has 0 saturated heterocycles. The SMILES string of the molecule is CCNC(=NCc1cccc(OC)c1)NCc1ccn(-c2ccc(OC)cc2)n1.I. The van der Waals surface area contributed by atoms with E-state index in [1.807, 2.05) is 72.4 Å². The van der Waals surface area contributed by atoms with Crippen molar-refractivity contribution in [3.8, 4) is 17.2 Å². The van der Waals surface area contributed by atoms with Crippen LogP contribution >= 0.6 is 24.0 Å². The molecule has 2 N–H and O–H groups in total. The van der Waals surface area contributed by atoms with Gasteiger partial charge >= 0.3 is 0 Å². The molecule has 30 heavy (non-hydrogen) atoms. The van der Waals surface area contributed by atoms with Crippen molar-refractivity contribution < 1.29 is 9.47 Å². The number of guanidine groups is 1. The van der Waals surface area contributed by atoms with Gasteiger partial charge in [-0.25, -0.2) is 9.67 Å². The second-order valence-electron chi connectivity index (χ2n) is 6.35. The number of aromatic nitrogens is 2. The summed E-state index contributed by atoms with van der Waals surface area (Å²) in [6, 6.07) is 17.7. The van der Waals surface area contributed by atoms with Crippen LogP contribution in [0.1, 0.15) is 18.2 Å². The Morgan fingerprint density at radius 2 is 1.77 bits per heavy atom. The van der Waals surface area contributed by atoms with E-state index in [1.165, 1.54) is 0 Å². The Balaban J connectivity index is 0.00000320. The Bertz CT molecular complexity index is 941. The monoisotopic (exact) mass is 521 g/mol. The van der Waals surface area contributed by atoms with Crippen molar-refractivity contribution in [1.82, 2.24) is 20.4 Å². The van der Waals surface area contributed by atoms with Crippen molar-refractivity contribution in [2.24, 2.45) is 4.99 Å². The van der Waals surface area contributed by atoms with Gasteiger partial charge in [0, 0.05) is 12.7 Å². The van der Waals surface area contributed by atoms with Gasteiger partial charge in [-0.2, -0.15) is 5.10 Å². The number of nitrogens with zero attached hydrogens (tertiary/aromatic N) is 3. The van der Waals surface area contributed by atoms with Gasteiger partial charge in [-0.1, -0.05) is 12.1 Å². The number of aliphatic imine (C=N–C) groups is 1. The highest BCUT2D eigenvalue weighted by Crippen LogP contribution is 2.15. The van der Waals surface area contributed by atoms with Gasteiger partial charge in [-0.05, 0) is 55.0 Å². The Kier molecular flexibility index (Phi) is 9.46. The summed E-state index contributed by atoms with van der Waals surface area (Å²) in [5.41, 5.74) is 2.99. The van der Waals surface area contributed by atoms with E-state index in [0.29, 0.717) is 13.1 Å². The van der Waals surface area contributed by atoms with Crippen molar-refractivity contribution >= 4 is 29.9 Å². The highest BCUT2D eigenvalue weighted by atomic mass is 127. The van der Waals surface area contributed by atoms with Crippen molar-refractivity contribution in [2.75, 3.05) is 20.8 Å². The summed E-state index contributed by atoms with van der Waals surface area (Å²) in [6.45, 7) is 3.96. The molecule has 0 saturated carbocycles. The van der Waals surface area contributed by atoms with Crippen LogP contribution < -0.4 is 20.1 Å². The largest absolute Gasteiger partial charge is 0.497 e. The molecule has 0 unspecified atom stereocenters. The average Bonchev–Trinajstić information content (AvgIpc) is 3.25. The van der Waals surface area contributed by atoms with Gasteiger partial charge in [-0.3, -0.25) is 0 Å². The maximum absolute atomic E-state index is 5.27. The molecule has 3 rings (SSSR count). The lowest BCUT2D eigenvalue weighted by Gasteiger charge is -2.10. The Labute approximate surface area is 194 Å². The molecular formula is C22H28IN5O2. The van der Waals surface area contributed by atoms with Gasteiger partial charge in [0.2, 0.25) is 0 Å². The first-order valence-corrected chi connectivity index (χ1v) is 9.56. The molecule has 3 aromatic rings. The minimum absolute atomic E-state index is 0. The van der Waals surface area contributed by atoms with Crippen LogP contribution in [-0.4, -0.2) is 36.5 Å². The maximum Gasteiger partial charge on any atom is 0.191 e. The van der Waals surface area contributed by atoms with Gasteiger partial charge in [0.05, 0.1) is 38.7 Å². The fraction of sp³-hybridized carbons (Fsp3) is 0.273. The van der Waals surface area contributed by atoms with Gasteiger partial charge in [0.15, 0.2) is 5.96 Å². The van der Waals surface area contributed by atoms with Gasteiger partial charge < -0.3 is 20.1 Å². The summed E-state index contributed by atoms with van der Waals surface area (Å²) in [7, 11) is 3.32. The molecule has 0 aliphatic heterocycles. The minimum Gasteiger partial charge on any atom is -0.497 e. The molecule has 160 valence electrons. The van der Waals surface area contributed by atoms with Gasteiger partial charge in [0.25, 0.3) is 0 Å². The smallest absolute Gasteiger partial charge is 0.191 e. The Morgan fingerprint density at radius 3 is 2.47 bits per heavy atom. The predicted molar refractivity (Wildman–Crippen MR) is 130 cm³/mol. The van der Waals surface area contributed by atoms with Gasteiger partial charge in [0.1, 0.15) is 11.5 Å². The molecule has 0 bridgehead atoms. The van der Waals surface area contributed by atoms with E-state index >= 15 is 0 Å². The lowest BCUT2D eigenvalue weighted by atomic mass is 10.2. The molecule has 0 radical (unpaired) electrons. The topological polar surface area (TPSA) is 72.7 Å². The van der Waals surface area contributed by atoms with Crippen LogP contribution in [0.15, 0.2) is 65.8 Å². The molecule has 0 spiro atoms. The molecule has 2 aromatic carbocycles. The quantitative estimate of drug-likeness (QED) is 0.269. The third-order valence-electron chi connectivity index (χ3n) is 4.32. The normalized spacial score (nSPS) is 10.8. The number of hydrogen-bond donors (Lipinski definition) is 2.